The number of hydrogen-bond donors (Lipinski definition) is 1. The van der Waals surface area contributed by atoms with Crippen LogP contribution in [0.25, 0.3) is 11.3 Å². The number of aryl methyl sites for hydroxylation is 1. The Labute approximate surface area is 131 Å². The second-order valence-electron chi connectivity index (χ2n) is 5.50. The summed E-state index contributed by atoms with van der Waals surface area (Å²) in [6, 6.07) is 11.7. The minimum Gasteiger partial charge on any atom is -0.465 e. The van der Waals surface area contributed by atoms with Crippen molar-refractivity contribution >= 4 is 5.97 Å². The van der Waals surface area contributed by atoms with E-state index in [9.17, 15) is 4.79 Å². The molecule has 2 aromatic rings. The third-order valence-electron chi connectivity index (χ3n) is 3.93. The number of pyridine rings is 1. The second kappa shape index (κ2) is 6.71. The molecule has 0 radical (unpaired) electrons. The normalized spacial score (nSPS) is 13.5. The molecular formula is C18H22N2O2. The monoisotopic (exact) mass is 298 g/mol. The van der Waals surface area contributed by atoms with Gasteiger partial charge in [-0.3, -0.25) is 9.78 Å². The van der Waals surface area contributed by atoms with Crippen LogP contribution >= 0.6 is 0 Å². The zero-order chi connectivity index (χ0) is 16.2. The molecule has 1 unspecified atom stereocenters. The Morgan fingerprint density at radius 3 is 2.68 bits per heavy atom. The van der Waals surface area contributed by atoms with Crippen molar-refractivity contribution in [3.63, 3.8) is 0 Å². The lowest BCUT2D eigenvalue weighted by Gasteiger charge is -2.28. The Morgan fingerprint density at radius 1 is 1.32 bits per heavy atom. The summed E-state index contributed by atoms with van der Waals surface area (Å²) in [5.74, 6) is -0.293. The van der Waals surface area contributed by atoms with Gasteiger partial charge in [0, 0.05) is 18.3 Å². The first-order valence-electron chi connectivity index (χ1n) is 7.42. The molecule has 4 heteroatoms. The number of nitrogens with two attached hydrogens (primary N) is 1. The maximum atomic E-state index is 12.4. The van der Waals surface area contributed by atoms with E-state index < -0.39 is 5.41 Å². The number of nitrogens with zero attached hydrogens (tertiary/aromatic N) is 1. The number of ether oxygens (including phenoxy) is 1. The molecule has 2 rings (SSSR count). The minimum absolute atomic E-state index is 0.193. The topological polar surface area (TPSA) is 65.2 Å². The number of hydrogen-bond acceptors (Lipinski definition) is 4. The van der Waals surface area contributed by atoms with Crippen molar-refractivity contribution < 1.29 is 9.53 Å². The van der Waals surface area contributed by atoms with E-state index >= 15 is 0 Å². The van der Waals surface area contributed by atoms with Crippen molar-refractivity contribution in [3.05, 3.63) is 53.7 Å². The Hall–Kier alpha value is -2.20. The maximum Gasteiger partial charge on any atom is 0.317 e. The molecule has 22 heavy (non-hydrogen) atoms. The van der Waals surface area contributed by atoms with Gasteiger partial charge < -0.3 is 10.5 Å². The highest BCUT2D eigenvalue weighted by Crippen LogP contribution is 2.31. The van der Waals surface area contributed by atoms with Crippen LogP contribution in [0.4, 0.5) is 0 Å². The van der Waals surface area contributed by atoms with Crippen LogP contribution in [0.15, 0.2) is 42.6 Å². The fourth-order valence-corrected chi connectivity index (χ4v) is 2.50. The summed E-state index contributed by atoms with van der Waals surface area (Å²) in [7, 11) is 0. The number of aromatic nitrogens is 1. The van der Waals surface area contributed by atoms with Crippen LogP contribution in [0, 0.1) is 6.92 Å². The van der Waals surface area contributed by atoms with E-state index in [1.54, 1.807) is 13.1 Å². The molecule has 0 bridgehead atoms. The van der Waals surface area contributed by atoms with Crippen molar-refractivity contribution in [3.8, 4) is 11.3 Å². The largest absolute Gasteiger partial charge is 0.465 e. The van der Waals surface area contributed by atoms with Crippen LogP contribution in [-0.2, 0) is 14.9 Å². The molecule has 0 amide bonds. The van der Waals surface area contributed by atoms with E-state index in [4.69, 9.17) is 10.5 Å². The third-order valence-corrected chi connectivity index (χ3v) is 3.93. The van der Waals surface area contributed by atoms with Gasteiger partial charge in [-0.1, -0.05) is 18.2 Å². The van der Waals surface area contributed by atoms with E-state index in [-0.39, 0.29) is 12.5 Å². The van der Waals surface area contributed by atoms with Gasteiger partial charge in [0.05, 0.1) is 12.3 Å². The lowest BCUT2D eigenvalue weighted by Crippen LogP contribution is -2.42. The van der Waals surface area contributed by atoms with Crippen molar-refractivity contribution in [2.24, 2.45) is 5.73 Å². The average Bonchev–Trinajstić information content (AvgIpc) is 2.55. The predicted octanol–water partition coefficient (Wildman–Crippen LogP) is 2.84. The summed E-state index contributed by atoms with van der Waals surface area (Å²) in [5, 5.41) is 0. The number of carbonyl (C=O) groups excluding carboxylic acids is 1. The van der Waals surface area contributed by atoms with E-state index in [0.717, 1.165) is 22.4 Å². The fourth-order valence-electron chi connectivity index (χ4n) is 2.50. The van der Waals surface area contributed by atoms with Gasteiger partial charge in [0.2, 0.25) is 0 Å². The van der Waals surface area contributed by atoms with Gasteiger partial charge in [0.15, 0.2) is 0 Å². The number of esters is 1. The number of carbonyl (C=O) groups is 1. The van der Waals surface area contributed by atoms with Crippen molar-refractivity contribution in [1.29, 1.82) is 0 Å². The van der Waals surface area contributed by atoms with E-state index in [0.29, 0.717) is 6.61 Å². The molecule has 1 aromatic heterocycles. The molecule has 1 aromatic carbocycles. The predicted molar refractivity (Wildman–Crippen MR) is 87.4 cm³/mol. The maximum absolute atomic E-state index is 12.4. The zero-order valence-electron chi connectivity index (χ0n) is 13.3. The SMILES string of the molecule is CCOC(=O)C(C)(CN)c1cc(-c2ccccn2)ccc1C. The summed E-state index contributed by atoms with van der Waals surface area (Å²) < 4.78 is 5.22. The van der Waals surface area contributed by atoms with Gasteiger partial charge in [-0.25, -0.2) is 0 Å². The lowest BCUT2D eigenvalue weighted by molar-refractivity contribution is -0.149. The highest BCUT2D eigenvalue weighted by molar-refractivity contribution is 5.84. The molecule has 1 heterocycles. The summed E-state index contributed by atoms with van der Waals surface area (Å²) in [4.78, 5) is 16.7. The van der Waals surface area contributed by atoms with Gasteiger partial charge in [-0.15, -0.1) is 0 Å². The van der Waals surface area contributed by atoms with Crippen LogP contribution in [0.2, 0.25) is 0 Å². The van der Waals surface area contributed by atoms with Crippen LogP contribution in [0.5, 0.6) is 0 Å². The zero-order valence-corrected chi connectivity index (χ0v) is 13.3. The first-order chi connectivity index (χ1) is 10.5. The highest BCUT2D eigenvalue weighted by Gasteiger charge is 2.36. The average molecular weight is 298 g/mol. The smallest absolute Gasteiger partial charge is 0.317 e. The first kappa shape index (κ1) is 16.2. The Kier molecular flexibility index (Phi) is 4.93. The standard InChI is InChI=1S/C18H22N2O2/c1-4-22-17(21)18(3,12-19)15-11-14(9-8-13(15)2)16-7-5-6-10-20-16/h5-11H,4,12,19H2,1-3H3. The quantitative estimate of drug-likeness (QED) is 0.862. The van der Waals surface area contributed by atoms with Gasteiger partial charge in [-0.2, -0.15) is 0 Å². The van der Waals surface area contributed by atoms with Crippen molar-refractivity contribution in [1.82, 2.24) is 4.98 Å². The van der Waals surface area contributed by atoms with Crippen molar-refractivity contribution in [2.45, 2.75) is 26.2 Å². The van der Waals surface area contributed by atoms with Gasteiger partial charge in [0.1, 0.15) is 5.41 Å². The summed E-state index contributed by atoms with van der Waals surface area (Å²) in [6.45, 7) is 6.14. The summed E-state index contributed by atoms with van der Waals surface area (Å²) >= 11 is 0. The fraction of sp³-hybridized carbons (Fsp3) is 0.333. The molecule has 0 spiro atoms. The molecule has 0 aliphatic carbocycles. The Bertz CT molecular complexity index is 655. The molecule has 0 saturated carbocycles. The van der Waals surface area contributed by atoms with Crippen LogP contribution in [0.1, 0.15) is 25.0 Å². The Balaban J connectivity index is 2.52. The first-order valence-corrected chi connectivity index (χ1v) is 7.42. The molecule has 1 atom stereocenters. The molecule has 0 fully saturated rings. The van der Waals surface area contributed by atoms with E-state index in [1.165, 1.54) is 0 Å². The second-order valence-corrected chi connectivity index (χ2v) is 5.50. The molecule has 116 valence electrons. The van der Waals surface area contributed by atoms with Crippen LogP contribution in [-0.4, -0.2) is 24.1 Å². The number of rotatable bonds is 5. The molecule has 2 N–H and O–H groups in total. The molecular weight excluding hydrogens is 276 g/mol. The van der Waals surface area contributed by atoms with Gasteiger partial charge in [-0.05, 0) is 50.1 Å². The van der Waals surface area contributed by atoms with Gasteiger partial charge >= 0.3 is 5.97 Å². The highest BCUT2D eigenvalue weighted by atomic mass is 16.5. The van der Waals surface area contributed by atoms with Crippen LogP contribution in [0.3, 0.4) is 0 Å². The molecule has 0 aliphatic rings. The summed E-state index contributed by atoms with van der Waals surface area (Å²) in [5.41, 5.74) is 8.79. The Morgan fingerprint density at radius 2 is 2.09 bits per heavy atom. The van der Waals surface area contributed by atoms with E-state index in [2.05, 4.69) is 4.98 Å². The molecule has 0 aliphatic heterocycles. The number of benzene rings is 1. The third kappa shape index (κ3) is 3.02. The lowest BCUT2D eigenvalue weighted by atomic mass is 9.79. The molecule has 0 saturated heterocycles. The van der Waals surface area contributed by atoms with Crippen LogP contribution < -0.4 is 5.73 Å². The minimum atomic E-state index is -0.856. The summed E-state index contributed by atoms with van der Waals surface area (Å²) in [6.07, 6.45) is 1.75. The van der Waals surface area contributed by atoms with Gasteiger partial charge in [0.25, 0.3) is 0 Å². The van der Waals surface area contributed by atoms with Crippen molar-refractivity contribution in [2.75, 3.05) is 13.2 Å². The molecule has 4 nitrogen and oxygen atoms in total. The van der Waals surface area contributed by atoms with E-state index in [1.807, 2.05) is 50.2 Å².